The Morgan fingerprint density at radius 2 is 2.15 bits per heavy atom. The lowest BCUT2D eigenvalue weighted by Crippen LogP contribution is -2.48. The second kappa shape index (κ2) is 10.1. The molecule has 0 saturated carbocycles. The van der Waals surface area contributed by atoms with Gasteiger partial charge in [0.15, 0.2) is 5.96 Å². The van der Waals surface area contributed by atoms with Crippen LogP contribution in [0.15, 0.2) is 23.3 Å². The fourth-order valence-electron chi connectivity index (χ4n) is 3.31. The van der Waals surface area contributed by atoms with Gasteiger partial charge in [-0.2, -0.15) is 0 Å². The van der Waals surface area contributed by atoms with Crippen LogP contribution >= 0.6 is 35.6 Å². The monoisotopic (exact) mass is 492 g/mol. The minimum atomic E-state index is 0. The van der Waals surface area contributed by atoms with Gasteiger partial charge in [0.05, 0.1) is 11.6 Å². The molecule has 26 heavy (non-hydrogen) atoms. The van der Waals surface area contributed by atoms with Crippen LogP contribution in [0.3, 0.4) is 0 Å². The number of hydrogen-bond donors (Lipinski definition) is 2. The molecule has 0 spiro atoms. The van der Waals surface area contributed by atoms with Crippen LogP contribution < -0.4 is 15.5 Å². The highest BCUT2D eigenvalue weighted by Crippen LogP contribution is 2.25. The van der Waals surface area contributed by atoms with Crippen molar-refractivity contribution in [3.8, 4) is 0 Å². The van der Waals surface area contributed by atoms with Gasteiger partial charge in [0, 0.05) is 45.5 Å². The van der Waals surface area contributed by atoms with Gasteiger partial charge in [-0.15, -0.1) is 24.0 Å². The summed E-state index contributed by atoms with van der Waals surface area (Å²) in [6.45, 7) is 3.71. The smallest absolute Gasteiger partial charge is 0.241 e. The van der Waals surface area contributed by atoms with Crippen LogP contribution in [0.2, 0.25) is 5.02 Å². The maximum atomic E-state index is 12.1. The second-order valence-electron chi connectivity index (χ2n) is 6.40. The molecule has 2 aliphatic heterocycles. The van der Waals surface area contributed by atoms with Crippen LogP contribution in [0.4, 0.5) is 5.82 Å². The van der Waals surface area contributed by atoms with Crippen LogP contribution in [-0.2, 0) is 4.79 Å². The summed E-state index contributed by atoms with van der Waals surface area (Å²) in [6, 6.07) is 3.93. The number of aliphatic imine (C=N–C) groups is 1. The number of pyridine rings is 1. The van der Waals surface area contributed by atoms with E-state index in [4.69, 9.17) is 11.6 Å². The zero-order valence-electron chi connectivity index (χ0n) is 14.9. The van der Waals surface area contributed by atoms with Crippen molar-refractivity contribution in [3.63, 3.8) is 0 Å². The van der Waals surface area contributed by atoms with Crippen LogP contribution in [0.25, 0.3) is 0 Å². The number of aromatic nitrogens is 1. The lowest BCUT2D eigenvalue weighted by molar-refractivity contribution is -0.128. The molecule has 3 rings (SSSR count). The second-order valence-corrected chi connectivity index (χ2v) is 6.81. The molecule has 2 fully saturated rings. The molecule has 1 unspecified atom stereocenters. The van der Waals surface area contributed by atoms with Gasteiger partial charge in [0.25, 0.3) is 0 Å². The number of rotatable bonds is 4. The molecule has 0 radical (unpaired) electrons. The van der Waals surface area contributed by atoms with Crippen molar-refractivity contribution in [1.82, 2.24) is 20.5 Å². The molecule has 7 nitrogen and oxygen atoms in total. The Kier molecular flexibility index (Phi) is 8.20. The fourth-order valence-corrected chi connectivity index (χ4v) is 3.55. The fraction of sp³-hybridized carbons (Fsp3) is 0.588. The van der Waals surface area contributed by atoms with Gasteiger partial charge in [-0.3, -0.25) is 9.79 Å². The van der Waals surface area contributed by atoms with Gasteiger partial charge < -0.3 is 20.4 Å². The number of nitrogens with zero attached hydrogens (tertiary/aromatic N) is 4. The summed E-state index contributed by atoms with van der Waals surface area (Å²) in [5.74, 6) is 1.61. The summed E-state index contributed by atoms with van der Waals surface area (Å²) in [7, 11) is 1.72. The summed E-state index contributed by atoms with van der Waals surface area (Å²) in [5.41, 5.74) is 0. The Bertz CT molecular complexity index is 637. The van der Waals surface area contributed by atoms with E-state index in [2.05, 4.69) is 25.5 Å². The Balaban J connectivity index is 0.00000243. The van der Waals surface area contributed by atoms with E-state index < -0.39 is 0 Å². The summed E-state index contributed by atoms with van der Waals surface area (Å²) in [4.78, 5) is 24.8. The van der Waals surface area contributed by atoms with E-state index in [1.165, 1.54) is 0 Å². The van der Waals surface area contributed by atoms with E-state index >= 15 is 0 Å². The number of hydrogen-bond acceptors (Lipinski definition) is 4. The molecule has 0 bridgehead atoms. The van der Waals surface area contributed by atoms with Crippen molar-refractivity contribution in [1.29, 1.82) is 0 Å². The van der Waals surface area contributed by atoms with Crippen molar-refractivity contribution in [3.05, 3.63) is 23.4 Å². The van der Waals surface area contributed by atoms with Crippen LogP contribution in [0.1, 0.15) is 19.3 Å². The maximum absolute atomic E-state index is 12.1. The lowest BCUT2D eigenvalue weighted by atomic mass is 10.3. The number of carbonyl (C=O) groups is 1. The molecule has 9 heteroatoms. The minimum absolute atomic E-state index is 0. The Labute approximate surface area is 176 Å². The third kappa shape index (κ3) is 5.35. The minimum Gasteiger partial charge on any atom is -0.353 e. The third-order valence-corrected chi connectivity index (χ3v) is 4.95. The number of nitrogens with one attached hydrogen (secondary N) is 2. The van der Waals surface area contributed by atoms with Gasteiger partial charge in [-0.05, 0) is 31.4 Å². The van der Waals surface area contributed by atoms with E-state index in [0.29, 0.717) is 11.0 Å². The number of anilines is 1. The van der Waals surface area contributed by atoms with Crippen LogP contribution in [0, 0.1) is 0 Å². The summed E-state index contributed by atoms with van der Waals surface area (Å²) in [6.07, 6.45) is 4.93. The van der Waals surface area contributed by atoms with Gasteiger partial charge in [-0.25, -0.2) is 4.98 Å². The van der Waals surface area contributed by atoms with E-state index in [-0.39, 0.29) is 42.5 Å². The number of amides is 1. The quantitative estimate of drug-likeness (QED) is 0.380. The molecule has 0 aromatic carbocycles. The normalized spacial score (nSPS) is 20.1. The number of halogens is 2. The summed E-state index contributed by atoms with van der Waals surface area (Å²) >= 11 is 6.23. The summed E-state index contributed by atoms with van der Waals surface area (Å²) < 4.78 is 0. The molecular formula is C17H26ClIN6O. The first-order chi connectivity index (χ1) is 12.2. The molecule has 2 saturated heterocycles. The first-order valence-electron chi connectivity index (χ1n) is 8.78. The molecule has 144 valence electrons. The molecule has 1 atom stereocenters. The molecule has 1 aromatic rings. The predicted molar refractivity (Wildman–Crippen MR) is 116 cm³/mol. The van der Waals surface area contributed by atoms with Gasteiger partial charge in [0.2, 0.25) is 5.91 Å². The molecular weight excluding hydrogens is 467 g/mol. The highest BCUT2D eigenvalue weighted by atomic mass is 127. The van der Waals surface area contributed by atoms with Crippen molar-refractivity contribution in [2.75, 3.05) is 44.7 Å². The lowest BCUT2D eigenvalue weighted by Gasteiger charge is -2.21. The molecule has 2 N–H and O–H groups in total. The highest BCUT2D eigenvalue weighted by Gasteiger charge is 2.26. The Morgan fingerprint density at radius 3 is 2.85 bits per heavy atom. The van der Waals surface area contributed by atoms with E-state index in [9.17, 15) is 4.79 Å². The molecule has 0 aliphatic carbocycles. The number of likely N-dealkylation sites (tertiary alicyclic amines) is 1. The highest BCUT2D eigenvalue weighted by molar-refractivity contribution is 14.0. The van der Waals surface area contributed by atoms with Gasteiger partial charge >= 0.3 is 0 Å². The largest absolute Gasteiger partial charge is 0.353 e. The van der Waals surface area contributed by atoms with E-state index in [1.54, 1.807) is 13.2 Å². The molecule has 1 aromatic heterocycles. The van der Waals surface area contributed by atoms with Gasteiger partial charge in [0.1, 0.15) is 5.82 Å². The average molecular weight is 493 g/mol. The topological polar surface area (TPSA) is 72.9 Å². The first-order valence-corrected chi connectivity index (χ1v) is 9.15. The molecule has 2 aliphatic rings. The standard InChI is InChI=1S/C17H25ClN6O.HI/c1-19-17(21-11-15(25)23-8-2-3-9-23)22-13-6-10-24(12-13)16-14(18)5-4-7-20-16;/h4-5,7,13H,2-3,6,8-12H2,1H3,(H2,19,21,22);1H. The predicted octanol–water partition coefficient (Wildman–Crippen LogP) is 1.72. The first kappa shape index (κ1) is 21.0. The molecule has 1 amide bonds. The molecule has 3 heterocycles. The van der Waals surface area contributed by atoms with Crippen molar-refractivity contribution >= 4 is 53.3 Å². The number of guanidine groups is 1. The van der Waals surface area contributed by atoms with Crippen molar-refractivity contribution in [2.45, 2.75) is 25.3 Å². The average Bonchev–Trinajstić information content (AvgIpc) is 3.30. The SMILES string of the molecule is CN=C(NCC(=O)N1CCCC1)NC1CCN(c2ncccc2Cl)C1.I. The van der Waals surface area contributed by atoms with Crippen LogP contribution in [0.5, 0.6) is 0 Å². The maximum Gasteiger partial charge on any atom is 0.241 e. The Morgan fingerprint density at radius 1 is 1.38 bits per heavy atom. The number of carbonyl (C=O) groups excluding carboxylic acids is 1. The van der Waals surface area contributed by atoms with Crippen molar-refractivity contribution < 1.29 is 4.79 Å². The van der Waals surface area contributed by atoms with E-state index in [0.717, 1.165) is 51.3 Å². The zero-order valence-corrected chi connectivity index (χ0v) is 18.0. The van der Waals surface area contributed by atoms with Crippen molar-refractivity contribution in [2.24, 2.45) is 4.99 Å². The zero-order chi connectivity index (χ0) is 17.6. The summed E-state index contributed by atoms with van der Waals surface area (Å²) in [5, 5.41) is 7.18. The van der Waals surface area contributed by atoms with Gasteiger partial charge in [-0.1, -0.05) is 11.6 Å². The third-order valence-electron chi connectivity index (χ3n) is 4.66. The van der Waals surface area contributed by atoms with Crippen LogP contribution in [-0.4, -0.2) is 67.6 Å². The van der Waals surface area contributed by atoms with E-state index in [1.807, 2.05) is 17.0 Å². The Hall–Kier alpha value is -1.29.